The number of hydrogen-bond acceptors (Lipinski definition) is 6. The summed E-state index contributed by atoms with van der Waals surface area (Å²) in [6.45, 7) is 2.99. The van der Waals surface area contributed by atoms with Crippen molar-refractivity contribution in [3.63, 3.8) is 0 Å². The average Bonchev–Trinajstić information content (AvgIpc) is 2.90. The van der Waals surface area contributed by atoms with Gasteiger partial charge in [0.15, 0.2) is 11.2 Å². The van der Waals surface area contributed by atoms with E-state index < -0.39 is 17.4 Å². The molecular weight excluding hydrogens is 276 g/mol. The summed E-state index contributed by atoms with van der Waals surface area (Å²) in [4.78, 5) is 24.3. The molecule has 1 aliphatic rings. The number of aromatic amines is 1. The van der Waals surface area contributed by atoms with Gasteiger partial charge in [0, 0.05) is 37.9 Å². The largest absolute Gasteiger partial charge is 0.467 e. The van der Waals surface area contributed by atoms with Gasteiger partial charge < -0.3 is 20.1 Å². The first-order valence-corrected chi connectivity index (χ1v) is 6.68. The molecule has 116 valence electrons. The number of methoxy groups -OCH3 is 2. The average molecular weight is 296 g/mol. The Balaban J connectivity index is 2.19. The molecule has 0 radical (unpaired) electrons. The number of esters is 1. The number of nitrogens with one attached hydrogen (secondary N) is 3. The Morgan fingerprint density at radius 2 is 2.19 bits per heavy atom. The number of aromatic nitrogens is 2. The Morgan fingerprint density at radius 3 is 2.86 bits per heavy atom. The number of amides is 1. The molecule has 1 aromatic heterocycles. The third kappa shape index (κ3) is 3.06. The Labute approximate surface area is 122 Å². The SMILES string of the molecule is COCC(C)(NC(=O)c1n[nH]c2c1CNCC2)C(=O)OC. The number of H-pyrrole nitrogens is 1. The lowest BCUT2D eigenvalue weighted by Gasteiger charge is -2.26. The fourth-order valence-electron chi connectivity index (χ4n) is 2.38. The zero-order valence-corrected chi connectivity index (χ0v) is 12.4. The van der Waals surface area contributed by atoms with Crippen molar-refractivity contribution >= 4 is 11.9 Å². The summed E-state index contributed by atoms with van der Waals surface area (Å²) in [6, 6.07) is 0. The second kappa shape index (κ2) is 6.23. The molecule has 0 spiro atoms. The quantitative estimate of drug-likeness (QED) is 0.624. The standard InChI is InChI=1S/C13H20N4O4/c1-13(7-20-2,12(19)21-3)15-11(18)10-8-6-14-5-4-9(8)16-17-10/h14H,4-7H2,1-3H3,(H,15,18)(H,16,17). The number of carbonyl (C=O) groups is 2. The highest BCUT2D eigenvalue weighted by molar-refractivity contribution is 5.98. The van der Waals surface area contributed by atoms with Crippen LogP contribution in [-0.2, 0) is 27.2 Å². The molecule has 1 atom stereocenters. The molecule has 0 saturated carbocycles. The zero-order chi connectivity index (χ0) is 15.5. The summed E-state index contributed by atoms with van der Waals surface area (Å²) < 4.78 is 9.73. The lowest BCUT2D eigenvalue weighted by atomic mass is 10.0. The second-order valence-electron chi connectivity index (χ2n) is 5.17. The van der Waals surface area contributed by atoms with Gasteiger partial charge in [0.1, 0.15) is 0 Å². The van der Waals surface area contributed by atoms with Gasteiger partial charge in [-0.25, -0.2) is 4.79 Å². The van der Waals surface area contributed by atoms with Gasteiger partial charge in [0.25, 0.3) is 5.91 Å². The molecule has 21 heavy (non-hydrogen) atoms. The first-order valence-electron chi connectivity index (χ1n) is 6.68. The van der Waals surface area contributed by atoms with Gasteiger partial charge in [0.2, 0.25) is 0 Å². The number of carbonyl (C=O) groups excluding carboxylic acids is 2. The topological polar surface area (TPSA) is 105 Å². The first-order chi connectivity index (χ1) is 10.0. The summed E-state index contributed by atoms with van der Waals surface area (Å²) in [5.41, 5.74) is 0.825. The van der Waals surface area contributed by atoms with Crippen LogP contribution < -0.4 is 10.6 Å². The highest BCUT2D eigenvalue weighted by Gasteiger charge is 2.37. The van der Waals surface area contributed by atoms with E-state index in [-0.39, 0.29) is 6.61 Å². The van der Waals surface area contributed by atoms with Crippen LogP contribution in [0.3, 0.4) is 0 Å². The Bertz CT molecular complexity index is 542. The van der Waals surface area contributed by atoms with Gasteiger partial charge >= 0.3 is 5.97 Å². The Hall–Kier alpha value is -1.93. The van der Waals surface area contributed by atoms with Crippen molar-refractivity contribution in [1.82, 2.24) is 20.8 Å². The maximum absolute atomic E-state index is 12.4. The molecule has 1 amide bonds. The molecule has 0 aliphatic carbocycles. The minimum Gasteiger partial charge on any atom is -0.467 e. The Morgan fingerprint density at radius 1 is 1.43 bits per heavy atom. The van der Waals surface area contributed by atoms with Gasteiger partial charge in [-0.1, -0.05) is 0 Å². The molecule has 0 bridgehead atoms. The van der Waals surface area contributed by atoms with Crippen LogP contribution in [0.1, 0.15) is 28.7 Å². The van der Waals surface area contributed by atoms with Gasteiger partial charge in [-0.2, -0.15) is 5.10 Å². The number of hydrogen-bond donors (Lipinski definition) is 3. The summed E-state index contributed by atoms with van der Waals surface area (Å²) in [5, 5.41) is 12.8. The third-order valence-corrected chi connectivity index (χ3v) is 3.48. The van der Waals surface area contributed by atoms with E-state index in [0.717, 1.165) is 24.2 Å². The van der Waals surface area contributed by atoms with Crippen LogP contribution in [0.15, 0.2) is 0 Å². The van der Waals surface area contributed by atoms with E-state index in [0.29, 0.717) is 12.2 Å². The van der Waals surface area contributed by atoms with Crippen LogP contribution in [0, 0.1) is 0 Å². The van der Waals surface area contributed by atoms with E-state index in [1.54, 1.807) is 6.92 Å². The van der Waals surface area contributed by atoms with Crippen LogP contribution >= 0.6 is 0 Å². The van der Waals surface area contributed by atoms with Crippen molar-refractivity contribution in [3.05, 3.63) is 17.0 Å². The molecular formula is C13H20N4O4. The van der Waals surface area contributed by atoms with E-state index in [1.807, 2.05) is 0 Å². The predicted molar refractivity (Wildman–Crippen MR) is 73.8 cm³/mol. The third-order valence-electron chi connectivity index (χ3n) is 3.48. The van der Waals surface area contributed by atoms with Crippen LogP contribution in [-0.4, -0.2) is 55.0 Å². The van der Waals surface area contributed by atoms with E-state index in [1.165, 1.54) is 14.2 Å². The van der Waals surface area contributed by atoms with Crippen LogP contribution in [0.5, 0.6) is 0 Å². The van der Waals surface area contributed by atoms with Crippen molar-refractivity contribution < 1.29 is 19.1 Å². The molecule has 8 nitrogen and oxygen atoms in total. The lowest BCUT2D eigenvalue weighted by molar-refractivity contribution is -0.149. The first kappa shape index (κ1) is 15.5. The zero-order valence-electron chi connectivity index (χ0n) is 12.4. The van der Waals surface area contributed by atoms with Crippen molar-refractivity contribution in [2.45, 2.75) is 25.4 Å². The van der Waals surface area contributed by atoms with Crippen molar-refractivity contribution in [3.8, 4) is 0 Å². The van der Waals surface area contributed by atoms with Gasteiger partial charge in [0.05, 0.1) is 13.7 Å². The van der Waals surface area contributed by atoms with Crippen LogP contribution in [0.4, 0.5) is 0 Å². The van der Waals surface area contributed by atoms with Crippen LogP contribution in [0.2, 0.25) is 0 Å². The van der Waals surface area contributed by atoms with Gasteiger partial charge in [-0.05, 0) is 6.92 Å². The maximum atomic E-state index is 12.4. The number of fused-ring (bicyclic) bond motifs is 1. The maximum Gasteiger partial charge on any atom is 0.333 e. The van der Waals surface area contributed by atoms with E-state index >= 15 is 0 Å². The number of nitrogens with zero attached hydrogens (tertiary/aromatic N) is 1. The second-order valence-corrected chi connectivity index (χ2v) is 5.17. The molecule has 0 saturated heterocycles. The monoisotopic (exact) mass is 296 g/mol. The van der Waals surface area contributed by atoms with E-state index in [4.69, 9.17) is 9.47 Å². The highest BCUT2D eigenvalue weighted by Crippen LogP contribution is 2.16. The fraction of sp³-hybridized carbons (Fsp3) is 0.615. The summed E-state index contributed by atoms with van der Waals surface area (Å²) >= 11 is 0. The normalized spacial score (nSPS) is 16.7. The van der Waals surface area contributed by atoms with Gasteiger partial charge in [-0.3, -0.25) is 9.89 Å². The molecule has 1 unspecified atom stereocenters. The van der Waals surface area contributed by atoms with Crippen molar-refractivity contribution in [2.24, 2.45) is 0 Å². The number of ether oxygens (including phenoxy) is 2. The minimum atomic E-state index is -1.26. The highest BCUT2D eigenvalue weighted by atomic mass is 16.5. The lowest BCUT2D eigenvalue weighted by Crippen LogP contribution is -2.56. The van der Waals surface area contributed by atoms with Gasteiger partial charge in [-0.15, -0.1) is 0 Å². The molecule has 2 rings (SSSR count). The minimum absolute atomic E-state index is 0.0102. The molecule has 3 N–H and O–H groups in total. The van der Waals surface area contributed by atoms with E-state index in [2.05, 4.69) is 20.8 Å². The Kier molecular flexibility index (Phi) is 4.59. The fourth-order valence-corrected chi connectivity index (χ4v) is 2.38. The molecule has 0 aromatic carbocycles. The number of rotatable bonds is 5. The summed E-state index contributed by atoms with van der Waals surface area (Å²) in [5.74, 6) is -0.999. The predicted octanol–water partition coefficient (Wildman–Crippen LogP) is -0.637. The van der Waals surface area contributed by atoms with Crippen LogP contribution in [0.25, 0.3) is 0 Å². The smallest absolute Gasteiger partial charge is 0.333 e. The molecule has 1 aliphatic heterocycles. The molecule has 8 heteroatoms. The summed E-state index contributed by atoms with van der Waals surface area (Å²) in [6.07, 6.45) is 0.794. The van der Waals surface area contributed by atoms with E-state index in [9.17, 15) is 9.59 Å². The van der Waals surface area contributed by atoms with Crippen molar-refractivity contribution in [2.75, 3.05) is 27.4 Å². The summed E-state index contributed by atoms with van der Waals surface area (Å²) in [7, 11) is 2.72. The molecule has 2 heterocycles. The molecule has 1 aromatic rings. The molecule has 0 fully saturated rings. The van der Waals surface area contributed by atoms with Crippen molar-refractivity contribution in [1.29, 1.82) is 0 Å².